The minimum Gasteiger partial charge on any atom is -0.497 e. The smallest absolute Gasteiger partial charge is 0.144 e. The topological polar surface area (TPSA) is 34.1 Å². The molecule has 0 saturated heterocycles. The predicted molar refractivity (Wildman–Crippen MR) is 67.0 cm³/mol. The highest BCUT2D eigenvalue weighted by molar-refractivity contribution is 9.10. The van der Waals surface area contributed by atoms with Gasteiger partial charge in [-0.2, -0.15) is 0 Å². The van der Waals surface area contributed by atoms with Gasteiger partial charge in [0.15, 0.2) is 0 Å². The van der Waals surface area contributed by atoms with E-state index < -0.39 is 0 Å². The average Bonchev–Trinajstić information content (AvgIpc) is 2.33. The Morgan fingerprint density at radius 3 is 2.69 bits per heavy atom. The van der Waals surface area contributed by atoms with E-state index >= 15 is 0 Å². The zero-order valence-electron chi connectivity index (χ0n) is 8.70. The summed E-state index contributed by atoms with van der Waals surface area (Å²) in [7, 11) is 1.65. The van der Waals surface area contributed by atoms with Crippen LogP contribution in [0, 0.1) is 6.07 Å². The molecule has 0 bridgehead atoms. The number of halogens is 1. The van der Waals surface area contributed by atoms with Crippen LogP contribution in [0.4, 0.5) is 11.5 Å². The summed E-state index contributed by atoms with van der Waals surface area (Å²) in [5, 5.41) is 3.19. The van der Waals surface area contributed by atoms with Gasteiger partial charge in [0.25, 0.3) is 0 Å². The molecule has 81 valence electrons. The Hall–Kier alpha value is -1.55. The third-order valence-electron chi connectivity index (χ3n) is 2.06. The standard InChI is InChI=1S/C12H10BrN2O/c1-16-10-6-4-9(5-7-10)15-12-11(13)3-2-8-14-12/h3-8H,1H3,(H,14,15). The molecule has 1 aromatic heterocycles. The van der Waals surface area contributed by atoms with Crippen molar-refractivity contribution in [2.45, 2.75) is 0 Å². The second kappa shape index (κ2) is 4.99. The number of hydrogen-bond donors (Lipinski definition) is 1. The second-order valence-corrected chi connectivity index (χ2v) is 3.97. The Bertz CT molecular complexity index is 471. The van der Waals surface area contributed by atoms with Gasteiger partial charge in [0.05, 0.1) is 11.6 Å². The maximum absolute atomic E-state index is 5.09. The van der Waals surface area contributed by atoms with Crippen molar-refractivity contribution in [3.63, 3.8) is 0 Å². The highest BCUT2D eigenvalue weighted by atomic mass is 79.9. The molecule has 4 heteroatoms. The Kier molecular flexibility index (Phi) is 3.41. The molecule has 2 aromatic rings. The van der Waals surface area contributed by atoms with Crippen LogP contribution in [0.15, 0.2) is 41.0 Å². The molecule has 1 radical (unpaired) electrons. The van der Waals surface area contributed by atoms with Gasteiger partial charge < -0.3 is 10.1 Å². The van der Waals surface area contributed by atoms with Gasteiger partial charge in [0.2, 0.25) is 0 Å². The van der Waals surface area contributed by atoms with Gasteiger partial charge in [-0.15, -0.1) is 0 Å². The minimum atomic E-state index is 0.768. The van der Waals surface area contributed by atoms with Crippen molar-refractivity contribution in [2.75, 3.05) is 12.4 Å². The summed E-state index contributed by atoms with van der Waals surface area (Å²) < 4.78 is 5.97. The van der Waals surface area contributed by atoms with Crippen molar-refractivity contribution in [1.29, 1.82) is 0 Å². The summed E-state index contributed by atoms with van der Waals surface area (Å²) in [5.74, 6) is 1.60. The first kappa shape index (κ1) is 11.0. The molecular formula is C12H10BrN2O. The fourth-order valence-corrected chi connectivity index (χ4v) is 1.58. The Balaban J connectivity index is 2.18. The quantitative estimate of drug-likeness (QED) is 0.934. The summed E-state index contributed by atoms with van der Waals surface area (Å²) >= 11 is 3.40. The summed E-state index contributed by atoms with van der Waals surface area (Å²) in [5.41, 5.74) is 0.959. The average molecular weight is 278 g/mol. The first-order chi connectivity index (χ1) is 7.79. The lowest BCUT2D eigenvalue weighted by atomic mass is 10.3. The molecule has 0 saturated carbocycles. The molecule has 1 N–H and O–H groups in total. The van der Waals surface area contributed by atoms with E-state index in [1.54, 1.807) is 13.3 Å². The lowest BCUT2D eigenvalue weighted by molar-refractivity contribution is 0.415. The number of nitrogens with zero attached hydrogens (tertiary/aromatic N) is 1. The van der Waals surface area contributed by atoms with E-state index in [-0.39, 0.29) is 0 Å². The van der Waals surface area contributed by atoms with E-state index in [0.717, 1.165) is 21.7 Å². The van der Waals surface area contributed by atoms with E-state index in [2.05, 4.69) is 32.3 Å². The maximum Gasteiger partial charge on any atom is 0.144 e. The molecule has 1 aromatic carbocycles. The lowest BCUT2D eigenvalue weighted by Crippen LogP contribution is -1.94. The van der Waals surface area contributed by atoms with Crippen molar-refractivity contribution >= 4 is 27.4 Å². The molecule has 0 amide bonds. The number of nitrogens with one attached hydrogen (secondary N) is 1. The zero-order valence-corrected chi connectivity index (χ0v) is 10.3. The summed E-state index contributed by atoms with van der Waals surface area (Å²) in [6.45, 7) is 0. The van der Waals surface area contributed by atoms with Crippen LogP contribution in [0.2, 0.25) is 0 Å². The maximum atomic E-state index is 5.09. The molecular weight excluding hydrogens is 268 g/mol. The predicted octanol–water partition coefficient (Wildman–Crippen LogP) is 3.40. The van der Waals surface area contributed by atoms with E-state index in [1.807, 2.05) is 30.3 Å². The minimum absolute atomic E-state index is 0.768. The lowest BCUT2D eigenvalue weighted by Gasteiger charge is -2.07. The molecule has 1 heterocycles. The van der Waals surface area contributed by atoms with Crippen LogP contribution in [0.25, 0.3) is 0 Å². The molecule has 0 fully saturated rings. The van der Waals surface area contributed by atoms with Crippen LogP contribution in [0.3, 0.4) is 0 Å². The Morgan fingerprint density at radius 2 is 2.06 bits per heavy atom. The monoisotopic (exact) mass is 277 g/mol. The fraction of sp³-hybridized carbons (Fsp3) is 0.0833. The van der Waals surface area contributed by atoms with Gasteiger partial charge in [0, 0.05) is 18.0 Å². The number of benzene rings is 1. The number of aromatic nitrogens is 1. The number of hydrogen-bond acceptors (Lipinski definition) is 3. The van der Waals surface area contributed by atoms with Crippen LogP contribution in [-0.4, -0.2) is 12.1 Å². The van der Waals surface area contributed by atoms with E-state index in [4.69, 9.17) is 4.74 Å². The molecule has 0 aliphatic rings. The highest BCUT2D eigenvalue weighted by Gasteiger charge is 2.00. The highest BCUT2D eigenvalue weighted by Crippen LogP contribution is 2.23. The Labute approximate surface area is 103 Å². The van der Waals surface area contributed by atoms with Gasteiger partial charge in [-0.3, -0.25) is 0 Å². The van der Waals surface area contributed by atoms with Crippen molar-refractivity contribution in [1.82, 2.24) is 4.98 Å². The van der Waals surface area contributed by atoms with E-state index in [9.17, 15) is 0 Å². The first-order valence-corrected chi connectivity index (χ1v) is 5.51. The molecule has 0 atom stereocenters. The summed E-state index contributed by atoms with van der Waals surface area (Å²) in [6.07, 6.45) is 1.62. The molecule has 3 nitrogen and oxygen atoms in total. The molecule has 0 spiro atoms. The van der Waals surface area contributed by atoms with E-state index in [0.29, 0.717) is 0 Å². The van der Waals surface area contributed by atoms with Crippen molar-refractivity contribution in [2.24, 2.45) is 0 Å². The van der Waals surface area contributed by atoms with Crippen molar-refractivity contribution in [3.05, 3.63) is 47.1 Å². The first-order valence-electron chi connectivity index (χ1n) is 4.72. The van der Waals surface area contributed by atoms with Gasteiger partial charge in [0.1, 0.15) is 11.6 Å². The molecule has 16 heavy (non-hydrogen) atoms. The number of methoxy groups -OCH3 is 1. The van der Waals surface area contributed by atoms with Gasteiger partial charge in [-0.1, -0.05) is 0 Å². The second-order valence-electron chi connectivity index (χ2n) is 3.12. The normalized spacial score (nSPS) is 9.88. The number of anilines is 2. The zero-order chi connectivity index (χ0) is 11.4. The van der Waals surface area contributed by atoms with Gasteiger partial charge in [-0.25, -0.2) is 4.98 Å². The molecule has 2 rings (SSSR count). The van der Waals surface area contributed by atoms with Crippen LogP contribution >= 0.6 is 15.9 Å². The SMILES string of the molecule is COc1ccc(Nc2nc[c]cc2Br)cc1. The van der Waals surface area contributed by atoms with E-state index in [1.165, 1.54) is 0 Å². The number of ether oxygens (including phenoxy) is 1. The van der Waals surface area contributed by atoms with Gasteiger partial charge >= 0.3 is 0 Å². The third kappa shape index (κ3) is 2.52. The fourth-order valence-electron chi connectivity index (χ4n) is 1.25. The van der Waals surface area contributed by atoms with Crippen LogP contribution in [0.1, 0.15) is 0 Å². The molecule has 0 aliphatic heterocycles. The number of pyridine rings is 1. The van der Waals surface area contributed by atoms with Crippen molar-refractivity contribution in [3.8, 4) is 5.75 Å². The van der Waals surface area contributed by atoms with Crippen molar-refractivity contribution < 1.29 is 4.74 Å². The van der Waals surface area contributed by atoms with Crippen LogP contribution in [0.5, 0.6) is 5.75 Å². The van der Waals surface area contributed by atoms with Gasteiger partial charge in [-0.05, 0) is 46.3 Å². The molecule has 0 unspecified atom stereocenters. The number of rotatable bonds is 3. The Morgan fingerprint density at radius 1 is 1.31 bits per heavy atom. The van der Waals surface area contributed by atoms with Crippen LogP contribution in [-0.2, 0) is 0 Å². The largest absolute Gasteiger partial charge is 0.497 e. The van der Waals surface area contributed by atoms with Crippen LogP contribution < -0.4 is 10.1 Å². The summed E-state index contributed by atoms with van der Waals surface area (Å²) in [6, 6.07) is 12.4. The molecule has 0 aliphatic carbocycles. The third-order valence-corrected chi connectivity index (χ3v) is 2.66. The summed E-state index contributed by atoms with van der Waals surface area (Å²) in [4.78, 5) is 4.17.